The highest BCUT2D eigenvalue weighted by Crippen LogP contribution is 2.21. The molecule has 0 spiro atoms. The first-order valence-electron chi connectivity index (χ1n) is 8.10. The number of benzene rings is 1. The quantitative estimate of drug-likeness (QED) is 0.669. The molecule has 0 aliphatic heterocycles. The van der Waals surface area contributed by atoms with E-state index in [1.807, 2.05) is 24.3 Å². The minimum Gasteiger partial charge on any atom is -0.355 e. The Balaban J connectivity index is 1.44. The van der Waals surface area contributed by atoms with Crippen LogP contribution in [0.1, 0.15) is 16.8 Å². The molecule has 0 aliphatic carbocycles. The third kappa shape index (κ3) is 4.63. The highest BCUT2D eigenvalue weighted by atomic mass is 32.1. The van der Waals surface area contributed by atoms with Gasteiger partial charge in [0.2, 0.25) is 5.91 Å². The van der Waals surface area contributed by atoms with Crippen molar-refractivity contribution in [2.75, 3.05) is 19.6 Å². The number of fused-ring (bicyclic) bond motifs is 1. The fourth-order valence-electron chi connectivity index (χ4n) is 2.50. The maximum atomic E-state index is 12.1. The van der Waals surface area contributed by atoms with Crippen molar-refractivity contribution in [3.63, 3.8) is 0 Å². The molecule has 1 amide bonds. The number of hydrogen-bond donors (Lipinski definition) is 1. The molecule has 4 nitrogen and oxygen atoms in total. The molecule has 3 rings (SSSR count). The molecule has 0 atom stereocenters. The minimum atomic E-state index is 0.0783. The van der Waals surface area contributed by atoms with Crippen LogP contribution < -0.4 is 5.32 Å². The fourth-order valence-corrected chi connectivity index (χ4v) is 4.21. The van der Waals surface area contributed by atoms with Crippen molar-refractivity contribution >= 4 is 38.8 Å². The lowest BCUT2D eigenvalue weighted by Crippen LogP contribution is -2.37. The molecular formula is C18H21N3OS2. The zero-order valence-corrected chi connectivity index (χ0v) is 15.3. The van der Waals surface area contributed by atoms with Gasteiger partial charge in [-0.15, -0.1) is 22.7 Å². The summed E-state index contributed by atoms with van der Waals surface area (Å²) >= 11 is 3.43. The normalized spacial score (nSPS) is 11.2. The van der Waals surface area contributed by atoms with Gasteiger partial charge in [-0.2, -0.15) is 0 Å². The molecule has 0 saturated carbocycles. The molecule has 0 radical (unpaired) electrons. The van der Waals surface area contributed by atoms with Crippen molar-refractivity contribution in [1.29, 1.82) is 0 Å². The first kappa shape index (κ1) is 17.1. The largest absolute Gasteiger partial charge is 0.355 e. The van der Waals surface area contributed by atoms with Gasteiger partial charge in [0.15, 0.2) is 0 Å². The molecule has 0 unspecified atom stereocenters. The first-order valence-corrected chi connectivity index (χ1v) is 9.80. The summed E-state index contributed by atoms with van der Waals surface area (Å²) < 4.78 is 1.20. The second-order valence-corrected chi connectivity index (χ2v) is 7.71. The number of likely N-dealkylation sites (N-methyl/N-ethyl adjacent to an activating group) is 1. The molecule has 0 aliphatic rings. The maximum Gasteiger partial charge on any atom is 0.234 e. The third-order valence-corrected chi connectivity index (χ3v) is 5.73. The predicted molar refractivity (Wildman–Crippen MR) is 102 cm³/mol. The van der Waals surface area contributed by atoms with Crippen LogP contribution >= 0.6 is 22.7 Å². The minimum absolute atomic E-state index is 0.0783. The predicted octanol–water partition coefficient (Wildman–Crippen LogP) is 3.54. The van der Waals surface area contributed by atoms with Gasteiger partial charge < -0.3 is 5.32 Å². The van der Waals surface area contributed by atoms with E-state index in [4.69, 9.17) is 0 Å². The van der Waals surface area contributed by atoms with Crippen molar-refractivity contribution in [2.45, 2.75) is 19.9 Å². The summed E-state index contributed by atoms with van der Waals surface area (Å²) in [6, 6.07) is 12.3. The van der Waals surface area contributed by atoms with Crippen LogP contribution in [0.5, 0.6) is 0 Å². The van der Waals surface area contributed by atoms with Gasteiger partial charge in [0.05, 0.1) is 21.8 Å². The number of amides is 1. The Kier molecular flexibility index (Phi) is 5.96. The molecular weight excluding hydrogens is 338 g/mol. The van der Waals surface area contributed by atoms with Gasteiger partial charge in [0.1, 0.15) is 0 Å². The van der Waals surface area contributed by atoms with Gasteiger partial charge in [-0.3, -0.25) is 9.69 Å². The summed E-state index contributed by atoms with van der Waals surface area (Å²) in [6.45, 7) is 4.86. The maximum absolute atomic E-state index is 12.1. The number of carbonyl (C=O) groups is 1. The van der Waals surface area contributed by atoms with Gasteiger partial charge >= 0.3 is 0 Å². The number of nitrogens with zero attached hydrogens (tertiary/aromatic N) is 2. The highest BCUT2D eigenvalue weighted by Gasteiger charge is 2.10. The van der Waals surface area contributed by atoms with Crippen molar-refractivity contribution in [3.8, 4) is 0 Å². The van der Waals surface area contributed by atoms with E-state index < -0.39 is 0 Å². The average molecular weight is 360 g/mol. The second-order valence-electron chi connectivity index (χ2n) is 5.56. The summed E-state index contributed by atoms with van der Waals surface area (Å²) in [5.41, 5.74) is 1.04. The Morgan fingerprint density at radius 1 is 1.25 bits per heavy atom. The number of thiophene rings is 1. The summed E-state index contributed by atoms with van der Waals surface area (Å²) in [5.74, 6) is 0.0783. The average Bonchev–Trinajstić information content (AvgIpc) is 3.22. The Labute approximate surface area is 150 Å². The molecule has 1 aromatic carbocycles. The standard InChI is InChI=1S/C18H21N3OS2/c1-2-21(12-14-6-5-11-23-14)13-17(22)19-10-9-18-20-15-7-3-4-8-16(15)24-18/h3-8,11H,2,9-10,12-13H2,1H3,(H,19,22). The van der Waals surface area contributed by atoms with Gasteiger partial charge in [-0.25, -0.2) is 4.98 Å². The highest BCUT2D eigenvalue weighted by molar-refractivity contribution is 7.18. The number of thiazole rings is 1. The van der Waals surface area contributed by atoms with Crippen LogP contribution in [0.15, 0.2) is 41.8 Å². The van der Waals surface area contributed by atoms with Crippen LogP contribution in [0.3, 0.4) is 0 Å². The van der Waals surface area contributed by atoms with Crippen LogP contribution in [-0.2, 0) is 17.8 Å². The van der Waals surface area contributed by atoms with Crippen molar-refractivity contribution in [2.24, 2.45) is 0 Å². The molecule has 0 saturated heterocycles. The lowest BCUT2D eigenvalue weighted by Gasteiger charge is -2.18. The second kappa shape index (κ2) is 8.37. The van der Waals surface area contributed by atoms with E-state index in [0.717, 1.165) is 30.0 Å². The molecule has 2 heterocycles. The van der Waals surface area contributed by atoms with Crippen molar-refractivity contribution < 1.29 is 4.79 Å². The van der Waals surface area contributed by atoms with E-state index in [2.05, 4.69) is 39.6 Å². The van der Waals surface area contributed by atoms with Gasteiger partial charge in [0.25, 0.3) is 0 Å². The number of hydrogen-bond acceptors (Lipinski definition) is 5. The summed E-state index contributed by atoms with van der Waals surface area (Å²) in [5, 5.41) is 6.15. The molecule has 1 N–H and O–H groups in total. The monoisotopic (exact) mass is 359 g/mol. The third-order valence-electron chi connectivity index (χ3n) is 3.77. The summed E-state index contributed by atoms with van der Waals surface area (Å²) in [7, 11) is 0. The van der Waals surface area contributed by atoms with E-state index in [1.165, 1.54) is 9.58 Å². The molecule has 6 heteroatoms. The van der Waals surface area contributed by atoms with Crippen LogP contribution in [-0.4, -0.2) is 35.4 Å². The Hall–Kier alpha value is -1.76. The van der Waals surface area contributed by atoms with E-state index in [1.54, 1.807) is 22.7 Å². The van der Waals surface area contributed by atoms with Crippen molar-refractivity contribution in [1.82, 2.24) is 15.2 Å². The number of rotatable bonds is 8. The molecule has 2 aromatic heterocycles. The zero-order valence-electron chi connectivity index (χ0n) is 13.7. The first-order chi connectivity index (χ1) is 11.7. The molecule has 24 heavy (non-hydrogen) atoms. The van der Waals surface area contributed by atoms with Gasteiger partial charge in [0, 0.05) is 24.4 Å². The molecule has 3 aromatic rings. The Morgan fingerprint density at radius 3 is 2.88 bits per heavy atom. The molecule has 0 bridgehead atoms. The lowest BCUT2D eigenvalue weighted by atomic mass is 10.3. The van der Waals surface area contributed by atoms with Gasteiger partial charge in [-0.1, -0.05) is 25.1 Å². The SMILES string of the molecule is CCN(CC(=O)NCCc1nc2ccccc2s1)Cc1cccs1. The van der Waals surface area contributed by atoms with E-state index in [9.17, 15) is 4.79 Å². The number of para-hydroxylation sites is 1. The number of aromatic nitrogens is 1. The number of nitrogens with one attached hydrogen (secondary N) is 1. The number of carbonyl (C=O) groups excluding carboxylic acids is 1. The topological polar surface area (TPSA) is 45.2 Å². The van der Waals surface area contributed by atoms with Crippen LogP contribution in [0.2, 0.25) is 0 Å². The Bertz CT molecular complexity index is 750. The molecule has 0 fully saturated rings. The smallest absolute Gasteiger partial charge is 0.234 e. The van der Waals surface area contributed by atoms with E-state index in [0.29, 0.717) is 13.1 Å². The van der Waals surface area contributed by atoms with Crippen LogP contribution in [0.25, 0.3) is 10.2 Å². The Morgan fingerprint density at radius 2 is 2.12 bits per heavy atom. The van der Waals surface area contributed by atoms with Crippen molar-refractivity contribution in [3.05, 3.63) is 51.7 Å². The van der Waals surface area contributed by atoms with E-state index in [-0.39, 0.29) is 5.91 Å². The summed E-state index contributed by atoms with van der Waals surface area (Å²) in [6.07, 6.45) is 0.780. The zero-order chi connectivity index (χ0) is 16.8. The summed E-state index contributed by atoms with van der Waals surface area (Å²) in [4.78, 5) is 20.2. The van der Waals surface area contributed by atoms with Crippen LogP contribution in [0.4, 0.5) is 0 Å². The van der Waals surface area contributed by atoms with Gasteiger partial charge in [-0.05, 0) is 30.1 Å². The fraction of sp³-hybridized carbons (Fsp3) is 0.333. The van der Waals surface area contributed by atoms with E-state index >= 15 is 0 Å². The lowest BCUT2D eigenvalue weighted by molar-refractivity contribution is -0.122. The molecule has 126 valence electrons. The van der Waals surface area contributed by atoms with Crippen LogP contribution in [0, 0.1) is 0 Å².